The van der Waals surface area contributed by atoms with Crippen LogP contribution in [0, 0.1) is 0 Å². The standard InChI is InChI=1S/C19H20N2O4/c22-18(16-9-4-10-17(20-16)19(23)24)21-12-15(13-21)25-11-5-8-14-6-2-1-3-7-14/h1-4,6-7,9-10,15H,5,8,11-13H2,(H,23,24). The molecule has 0 atom stereocenters. The van der Waals surface area contributed by atoms with E-state index in [1.54, 1.807) is 4.90 Å². The number of aromatic nitrogens is 1. The molecule has 1 saturated heterocycles. The van der Waals surface area contributed by atoms with Gasteiger partial charge in [-0.2, -0.15) is 0 Å². The Morgan fingerprint density at radius 3 is 2.52 bits per heavy atom. The Morgan fingerprint density at radius 1 is 1.08 bits per heavy atom. The lowest BCUT2D eigenvalue weighted by molar-refractivity contribution is -0.0431. The molecule has 3 rings (SSSR count). The summed E-state index contributed by atoms with van der Waals surface area (Å²) >= 11 is 0. The molecule has 25 heavy (non-hydrogen) atoms. The quantitative estimate of drug-likeness (QED) is 0.782. The summed E-state index contributed by atoms with van der Waals surface area (Å²) in [4.78, 5) is 28.7. The fourth-order valence-electron chi connectivity index (χ4n) is 2.72. The third kappa shape index (κ3) is 4.42. The van der Waals surface area contributed by atoms with Gasteiger partial charge in [0.1, 0.15) is 11.4 Å². The molecule has 6 heteroatoms. The number of carboxylic acids is 1. The highest BCUT2D eigenvalue weighted by molar-refractivity contribution is 5.94. The smallest absolute Gasteiger partial charge is 0.354 e. The number of carboxylic acid groups (broad SMARTS) is 1. The lowest BCUT2D eigenvalue weighted by Gasteiger charge is -2.38. The van der Waals surface area contributed by atoms with Crippen molar-refractivity contribution in [2.45, 2.75) is 18.9 Å². The minimum atomic E-state index is -1.14. The van der Waals surface area contributed by atoms with Crippen molar-refractivity contribution in [1.82, 2.24) is 9.88 Å². The Bertz CT molecular complexity index is 742. The number of hydrogen-bond acceptors (Lipinski definition) is 4. The molecule has 0 aliphatic carbocycles. The van der Waals surface area contributed by atoms with Crippen molar-refractivity contribution >= 4 is 11.9 Å². The van der Waals surface area contributed by atoms with Gasteiger partial charge in [0.05, 0.1) is 6.10 Å². The van der Waals surface area contributed by atoms with Gasteiger partial charge < -0.3 is 14.7 Å². The molecular formula is C19H20N2O4. The average Bonchev–Trinajstić information content (AvgIpc) is 2.60. The number of carbonyl (C=O) groups excluding carboxylic acids is 1. The van der Waals surface area contributed by atoms with Crippen LogP contribution in [0.4, 0.5) is 0 Å². The van der Waals surface area contributed by atoms with E-state index >= 15 is 0 Å². The number of nitrogens with zero attached hydrogens (tertiary/aromatic N) is 2. The first-order chi connectivity index (χ1) is 12.1. The van der Waals surface area contributed by atoms with E-state index in [1.165, 1.54) is 23.8 Å². The molecule has 0 bridgehead atoms. The van der Waals surface area contributed by atoms with Crippen molar-refractivity contribution < 1.29 is 19.4 Å². The summed E-state index contributed by atoms with van der Waals surface area (Å²) in [6.45, 7) is 1.70. The Morgan fingerprint density at radius 2 is 1.80 bits per heavy atom. The monoisotopic (exact) mass is 340 g/mol. The molecule has 0 saturated carbocycles. The third-order valence-corrected chi connectivity index (χ3v) is 4.13. The molecule has 0 radical (unpaired) electrons. The van der Waals surface area contributed by atoms with Crippen molar-refractivity contribution in [2.75, 3.05) is 19.7 Å². The predicted octanol–water partition coefficient (Wildman–Crippen LogP) is 2.25. The maximum Gasteiger partial charge on any atom is 0.354 e. The average molecular weight is 340 g/mol. The first-order valence-corrected chi connectivity index (χ1v) is 8.28. The fourth-order valence-corrected chi connectivity index (χ4v) is 2.72. The number of pyridine rings is 1. The van der Waals surface area contributed by atoms with Gasteiger partial charge in [0, 0.05) is 19.7 Å². The third-order valence-electron chi connectivity index (χ3n) is 4.13. The maximum atomic E-state index is 12.3. The van der Waals surface area contributed by atoms with Crippen molar-refractivity contribution in [3.05, 3.63) is 65.5 Å². The summed E-state index contributed by atoms with van der Waals surface area (Å²) in [5, 5.41) is 8.94. The second-order valence-electron chi connectivity index (χ2n) is 6.01. The van der Waals surface area contributed by atoms with E-state index < -0.39 is 5.97 Å². The lowest BCUT2D eigenvalue weighted by Crippen LogP contribution is -2.55. The van der Waals surface area contributed by atoms with E-state index in [1.807, 2.05) is 18.2 Å². The van der Waals surface area contributed by atoms with Gasteiger partial charge in [-0.15, -0.1) is 0 Å². The molecule has 0 unspecified atom stereocenters. The highest BCUT2D eigenvalue weighted by Gasteiger charge is 2.32. The van der Waals surface area contributed by atoms with E-state index in [0.717, 1.165) is 12.8 Å². The van der Waals surface area contributed by atoms with Crippen LogP contribution in [0.1, 0.15) is 33.0 Å². The number of carbonyl (C=O) groups is 2. The highest BCUT2D eigenvalue weighted by Crippen LogP contribution is 2.16. The molecule has 1 aliphatic rings. The number of ether oxygens (including phenoxy) is 1. The molecule has 1 fully saturated rings. The van der Waals surface area contributed by atoms with Crippen molar-refractivity contribution in [1.29, 1.82) is 0 Å². The zero-order chi connectivity index (χ0) is 17.6. The minimum absolute atomic E-state index is 0.0439. The van der Waals surface area contributed by atoms with Gasteiger partial charge in [-0.05, 0) is 30.5 Å². The van der Waals surface area contributed by atoms with E-state index in [0.29, 0.717) is 19.7 Å². The molecule has 1 amide bonds. The zero-order valence-electron chi connectivity index (χ0n) is 13.8. The molecule has 2 heterocycles. The second-order valence-corrected chi connectivity index (χ2v) is 6.01. The second kappa shape index (κ2) is 7.90. The largest absolute Gasteiger partial charge is 0.477 e. The molecule has 130 valence electrons. The number of likely N-dealkylation sites (tertiary alicyclic amines) is 1. The Kier molecular flexibility index (Phi) is 5.40. The van der Waals surface area contributed by atoms with E-state index in [4.69, 9.17) is 9.84 Å². The van der Waals surface area contributed by atoms with E-state index in [9.17, 15) is 9.59 Å². The van der Waals surface area contributed by atoms with Crippen LogP contribution in [-0.2, 0) is 11.2 Å². The molecule has 2 aromatic rings. The van der Waals surface area contributed by atoms with Crippen LogP contribution in [0.25, 0.3) is 0 Å². The summed E-state index contributed by atoms with van der Waals surface area (Å²) in [5.74, 6) is -1.40. The van der Waals surface area contributed by atoms with Crippen LogP contribution in [-0.4, -0.2) is 52.7 Å². The first-order valence-electron chi connectivity index (χ1n) is 8.28. The van der Waals surface area contributed by atoms with Crippen LogP contribution < -0.4 is 0 Å². The highest BCUT2D eigenvalue weighted by atomic mass is 16.5. The summed E-state index contributed by atoms with van der Waals surface area (Å²) < 4.78 is 5.77. The number of amides is 1. The van der Waals surface area contributed by atoms with E-state index in [-0.39, 0.29) is 23.4 Å². The molecule has 1 aromatic heterocycles. The molecule has 0 spiro atoms. The molecular weight excluding hydrogens is 320 g/mol. The fraction of sp³-hybridized carbons (Fsp3) is 0.316. The summed E-state index contributed by atoms with van der Waals surface area (Å²) in [5.41, 5.74) is 1.32. The van der Waals surface area contributed by atoms with Gasteiger partial charge in [-0.1, -0.05) is 36.4 Å². The number of aryl methyl sites for hydroxylation is 1. The van der Waals surface area contributed by atoms with Crippen LogP contribution in [0.5, 0.6) is 0 Å². The SMILES string of the molecule is O=C(O)c1cccc(C(=O)N2CC(OCCCc3ccccc3)C2)n1. The van der Waals surface area contributed by atoms with Gasteiger partial charge in [0.2, 0.25) is 0 Å². The Labute approximate surface area is 146 Å². The van der Waals surface area contributed by atoms with Gasteiger partial charge in [-0.3, -0.25) is 4.79 Å². The van der Waals surface area contributed by atoms with Gasteiger partial charge in [0.25, 0.3) is 5.91 Å². The van der Waals surface area contributed by atoms with Crippen molar-refractivity contribution in [3.63, 3.8) is 0 Å². The summed E-state index contributed by atoms with van der Waals surface area (Å²) in [6, 6.07) is 14.7. The Balaban J connectivity index is 1.39. The number of rotatable bonds is 7. The molecule has 1 aromatic carbocycles. The number of benzene rings is 1. The first kappa shape index (κ1) is 17.1. The van der Waals surface area contributed by atoms with Crippen LogP contribution in [0.15, 0.2) is 48.5 Å². The normalized spacial score (nSPS) is 14.2. The van der Waals surface area contributed by atoms with Gasteiger partial charge >= 0.3 is 5.97 Å². The van der Waals surface area contributed by atoms with E-state index in [2.05, 4.69) is 17.1 Å². The number of hydrogen-bond donors (Lipinski definition) is 1. The molecule has 1 aliphatic heterocycles. The lowest BCUT2D eigenvalue weighted by atomic mass is 10.1. The number of aromatic carboxylic acids is 1. The van der Waals surface area contributed by atoms with Crippen molar-refractivity contribution in [3.8, 4) is 0 Å². The minimum Gasteiger partial charge on any atom is -0.477 e. The van der Waals surface area contributed by atoms with Gasteiger partial charge in [0.15, 0.2) is 0 Å². The van der Waals surface area contributed by atoms with Gasteiger partial charge in [-0.25, -0.2) is 9.78 Å². The topological polar surface area (TPSA) is 79.7 Å². The summed E-state index contributed by atoms with van der Waals surface area (Å²) in [6.07, 6.45) is 1.96. The predicted molar refractivity (Wildman–Crippen MR) is 91.6 cm³/mol. The zero-order valence-corrected chi connectivity index (χ0v) is 13.8. The summed E-state index contributed by atoms with van der Waals surface area (Å²) in [7, 11) is 0. The molecule has 6 nitrogen and oxygen atoms in total. The van der Waals surface area contributed by atoms with Crippen LogP contribution in [0.2, 0.25) is 0 Å². The van der Waals surface area contributed by atoms with Crippen LogP contribution in [0.3, 0.4) is 0 Å². The van der Waals surface area contributed by atoms with Crippen LogP contribution >= 0.6 is 0 Å². The van der Waals surface area contributed by atoms with Crippen molar-refractivity contribution in [2.24, 2.45) is 0 Å². The maximum absolute atomic E-state index is 12.3. The molecule has 1 N–H and O–H groups in total. The Hall–Kier alpha value is -2.73.